The molecule has 1 aromatic carbocycles. The minimum atomic E-state index is 0.828. The summed E-state index contributed by atoms with van der Waals surface area (Å²) >= 11 is 1.80. The molecule has 27 heavy (non-hydrogen) atoms. The van der Waals surface area contributed by atoms with Crippen LogP contribution in [0.1, 0.15) is 17.0 Å². The lowest BCUT2D eigenvalue weighted by atomic mass is 10.1. The maximum absolute atomic E-state index is 4.93. The Balaban J connectivity index is 1.40. The molecule has 138 valence electrons. The monoisotopic (exact) mass is 379 g/mol. The van der Waals surface area contributed by atoms with Gasteiger partial charge in [-0.1, -0.05) is 23.5 Å². The third-order valence-corrected chi connectivity index (χ3v) is 6.51. The van der Waals surface area contributed by atoms with Crippen LogP contribution in [0.4, 0.5) is 10.9 Å². The number of rotatable bonds is 2. The van der Waals surface area contributed by atoms with Gasteiger partial charge in [-0.25, -0.2) is 9.97 Å². The Morgan fingerprint density at radius 3 is 2.44 bits per heavy atom. The third kappa shape index (κ3) is 2.63. The molecule has 3 aromatic heterocycles. The number of nitrogens with zero attached hydrogens (tertiary/aromatic N) is 7. The van der Waals surface area contributed by atoms with E-state index in [4.69, 9.17) is 4.98 Å². The van der Waals surface area contributed by atoms with Gasteiger partial charge in [-0.05, 0) is 31.9 Å². The van der Waals surface area contributed by atoms with Gasteiger partial charge in [0.25, 0.3) is 0 Å². The quantitative estimate of drug-likeness (QED) is 0.534. The van der Waals surface area contributed by atoms with Crippen molar-refractivity contribution in [3.05, 3.63) is 41.5 Å². The van der Waals surface area contributed by atoms with Crippen molar-refractivity contribution >= 4 is 38.2 Å². The second-order valence-corrected chi connectivity index (χ2v) is 8.02. The summed E-state index contributed by atoms with van der Waals surface area (Å²) < 4.78 is 3.30. The first-order chi connectivity index (χ1) is 13.1. The first kappa shape index (κ1) is 16.4. The summed E-state index contributed by atoms with van der Waals surface area (Å²) in [5.41, 5.74) is 4.52. The van der Waals surface area contributed by atoms with Gasteiger partial charge in [0.1, 0.15) is 5.82 Å². The summed E-state index contributed by atoms with van der Waals surface area (Å²) in [5.74, 6) is 1.79. The van der Waals surface area contributed by atoms with Crippen LogP contribution >= 0.6 is 11.3 Å². The van der Waals surface area contributed by atoms with Crippen LogP contribution in [0.3, 0.4) is 0 Å². The van der Waals surface area contributed by atoms with E-state index in [0.29, 0.717) is 0 Å². The number of piperazine rings is 1. The highest BCUT2D eigenvalue weighted by Gasteiger charge is 2.23. The summed E-state index contributed by atoms with van der Waals surface area (Å²) in [6.07, 6.45) is 3.74. The molecule has 0 aliphatic carbocycles. The molecule has 0 atom stereocenters. The minimum Gasteiger partial charge on any atom is -0.350 e. The van der Waals surface area contributed by atoms with Crippen molar-refractivity contribution in [1.29, 1.82) is 0 Å². The van der Waals surface area contributed by atoms with Crippen LogP contribution in [0.2, 0.25) is 0 Å². The van der Waals surface area contributed by atoms with Gasteiger partial charge in [-0.2, -0.15) is 0 Å². The third-order valence-electron chi connectivity index (χ3n) is 5.26. The SMILES string of the molecule is Cc1ccc(C)c2sc(N3CCN(c4nccn5c(C)nnc45)CC3)nc12. The van der Waals surface area contributed by atoms with Gasteiger partial charge in [0.2, 0.25) is 5.65 Å². The van der Waals surface area contributed by atoms with Crippen molar-refractivity contribution in [2.45, 2.75) is 20.8 Å². The van der Waals surface area contributed by atoms with Crippen molar-refractivity contribution in [3.8, 4) is 0 Å². The Hall–Kier alpha value is -2.74. The molecular formula is C19H21N7S. The molecule has 4 heterocycles. The van der Waals surface area contributed by atoms with E-state index in [1.54, 1.807) is 11.3 Å². The number of hydrogen-bond acceptors (Lipinski definition) is 7. The number of thiazole rings is 1. The molecule has 1 saturated heterocycles. The summed E-state index contributed by atoms with van der Waals surface area (Å²) in [7, 11) is 0. The van der Waals surface area contributed by atoms with Crippen LogP contribution in [-0.2, 0) is 0 Å². The normalized spacial score (nSPS) is 15.2. The van der Waals surface area contributed by atoms with Crippen LogP contribution in [0.5, 0.6) is 0 Å². The fourth-order valence-electron chi connectivity index (χ4n) is 3.64. The van der Waals surface area contributed by atoms with Crippen molar-refractivity contribution in [2.24, 2.45) is 0 Å². The van der Waals surface area contributed by atoms with Gasteiger partial charge >= 0.3 is 0 Å². The highest BCUT2D eigenvalue weighted by molar-refractivity contribution is 7.22. The van der Waals surface area contributed by atoms with Gasteiger partial charge in [0, 0.05) is 38.6 Å². The van der Waals surface area contributed by atoms with E-state index in [2.05, 4.69) is 51.0 Å². The zero-order chi connectivity index (χ0) is 18.5. The molecule has 7 nitrogen and oxygen atoms in total. The van der Waals surface area contributed by atoms with Crippen LogP contribution in [0.15, 0.2) is 24.5 Å². The lowest BCUT2D eigenvalue weighted by Gasteiger charge is -2.35. The van der Waals surface area contributed by atoms with E-state index in [1.165, 1.54) is 15.8 Å². The standard InChI is InChI=1S/C19H21N7S/c1-12-4-5-13(2)16-15(12)21-19(27-16)25-10-8-24(9-11-25)17-18-23-22-14(3)26(18)7-6-20-17/h4-7H,8-11H2,1-3H3. The maximum atomic E-state index is 4.93. The molecule has 0 spiro atoms. The zero-order valence-corrected chi connectivity index (χ0v) is 16.5. The minimum absolute atomic E-state index is 0.828. The summed E-state index contributed by atoms with van der Waals surface area (Å²) in [5, 5.41) is 9.60. The second kappa shape index (κ2) is 6.16. The molecule has 1 fully saturated rings. The number of aryl methyl sites for hydroxylation is 3. The first-order valence-electron chi connectivity index (χ1n) is 9.15. The van der Waals surface area contributed by atoms with Gasteiger partial charge < -0.3 is 9.80 Å². The van der Waals surface area contributed by atoms with Gasteiger partial charge in [0.05, 0.1) is 10.2 Å². The number of hydrogen-bond donors (Lipinski definition) is 0. The summed E-state index contributed by atoms with van der Waals surface area (Å²) in [6.45, 7) is 9.89. The predicted molar refractivity (Wildman–Crippen MR) is 109 cm³/mol. The number of aromatic nitrogens is 5. The number of benzene rings is 1. The molecule has 1 aliphatic heterocycles. The largest absolute Gasteiger partial charge is 0.350 e. The molecule has 0 amide bonds. The van der Waals surface area contributed by atoms with Crippen LogP contribution < -0.4 is 9.80 Å². The van der Waals surface area contributed by atoms with Gasteiger partial charge in [-0.3, -0.25) is 4.40 Å². The van der Waals surface area contributed by atoms with Crippen molar-refractivity contribution in [1.82, 2.24) is 24.6 Å². The van der Waals surface area contributed by atoms with Crippen LogP contribution in [-0.4, -0.2) is 50.7 Å². The van der Waals surface area contributed by atoms with Gasteiger partial charge in [-0.15, -0.1) is 10.2 Å². The topological polar surface area (TPSA) is 62.5 Å². The van der Waals surface area contributed by atoms with E-state index in [1.807, 2.05) is 23.7 Å². The van der Waals surface area contributed by atoms with Crippen molar-refractivity contribution < 1.29 is 0 Å². The van der Waals surface area contributed by atoms with E-state index in [-0.39, 0.29) is 0 Å². The highest BCUT2D eigenvalue weighted by atomic mass is 32.1. The summed E-state index contributed by atoms with van der Waals surface area (Å²) in [6, 6.07) is 4.34. The molecule has 0 bridgehead atoms. The Labute approximate surface area is 161 Å². The highest BCUT2D eigenvalue weighted by Crippen LogP contribution is 2.33. The molecule has 0 saturated carbocycles. The molecule has 0 radical (unpaired) electrons. The van der Waals surface area contributed by atoms with E-state index >= 15 is 0 Å². The molecule has 1 aliphatic rings. The Kier molecular flexibility index (Phi) is 3.75. The van der Waals surface area contributed by atoms with Crippen molar-refractivity contribution in [2.75, 3.05) is 36.0 Å². The Bertz CT molecular complexity index is 1100. The fraction of sp³-hybridized carbons (Fsp3) is 0.368. The molecule has 5 rings (SSSR count). The van der Waals surface area contributed by atoms with E-state index in [0.717, 1.165) is 54.1 Å². The smallest absolute Gasteiger partial charge is 0.203 e. The lowest BCUT2D eigenvalue weighted by Crippen LogP contribution is -2.47. The summed E-state index contributed by atoms with van der Waals surface area (Å²) in [4.78, 5) is 14.2. The lowest BCUT2D eigenvalue weighted by molar-refractivity contribution is 0.646. The number of anilines is 2. The van der Waals surface area contributed by atoms with Gasteiger partial charge in [0.15, 0.2) is 10.9 Å². The average molecular weight is 379 g/mol. The zero-order valence-electron chi connectivity index (χ0n) is 15.7. The molecule has 4 aromatic rings. The maximum Gasteiger partial charge on any atom is 0.203 e. The molecule has 0 unspecified atom stereocenters. The molecular weight excluding hydrogens is 358 g/mol. The predicted octanol–water partition coefficient (Wildman–Crippen LogP) is 2.99. The average Bonchev–Trinajstić information content (AvgIpc) is 3.30. The van der Waals surface area contributed by atoms with Crippen LogP contribution in [0, 0.1) is 20.8 Å². The van der Waals surface area contributed by atoms with E-state index in [9.17, 15) is 0 Å². The fourth-order valence-corrected chi connectivity index (χ4v) is 4.81. The second-order valence-electron chi connectivity index (χ2n) is 7.04. The first-order valence-corrected chi connectivity index (χ1v) is 9.96. The molecule has 0 N–H and O–H groups in total. The Morgan fingerprint density at radius 1 is 0.926 bits per heavy atom. The molecule has 8 heteroatoms. The van der Waals surface area contributed by atoms with Crippen molar-refractivity contribution in [3.63, 3.8) is 0 Å². The Morgan fingerprint density at radius 2 is 1.67 bits per heavy atom. The number of fused-ring (bicyclic) bond motifs is 2. The van der Waals surface area contributed by atoms with E-state index < -0.39 is 0 Å². The van der Waals surface area contributed by atoms with Crippen LogP contribution in [0.25, 0.3) is 15.9 Å².